The molecule has 0 aliphatic carbocycles. The number of likely N-dealkylation sites (tertiary alicyclic amines) is 1. The average molecular weight is 478 g/mol. The smallest absolute Gasteiger partial charge is 0.251 e. The van der Waals surface area contributed by atoms with Crippen molar-refractivity contribution in [1.82, 2.24) is 14.5 Å². The summed E-state index contributed by atoms with van der Waals surface area (Å²) in [6.07, 6.45) is 3.24. The minimum absolute atomic E-state index is 0.156. The van der Waals surface area contributed by atoms with Crippen LogP contribution in [0.15, 0.2) is 34.5 Å². The normalized spacial score (nSPS) is 20.5. The van der Waals surface area contributed by atoms with Crippen LogP contribution in [0, 0.1) is 6.92 Å². The molecule has 1 atom stereocenters. The molecular formula is C23H31N3O4S2. The Hall–Kier alpha value is -1.78. The van der Waals surface area contributed by atoms with Crippen LogP contribution in [0.3, 0.4) is 0 Å². The Balaban J connectivity index is 1.59. The first-order chi connectivity index (χ1) is 15.3. The number of benzene rings is 1. The molecule has 174 valence electrons. The Bertz CT molecular complexity index is 1060. The molecule has 0 unspecified atom stereocenters. The number of nitrogens with one attached hydrogen (secondary N) is 1. The zero-order valence-electron chi connectivity index (χ0n) is 18.7. The second kappa shape index (κ2) is 10.0. The van der Waals surface area contributed by atoms with Crippen molar-refractivity contribution in [2.45, 2.75) is 37.1 Å². The summed E-state index contributed by atoms with van der Waals surface area (Å²) in [5, 5.41) is 5.02. The van der Waals surface area contributed by atoms with Crippen molar-refractivity contribution < 1.29 is 17.9 Å². The van der Waals surface area contributed by atoms with Gasteiger partial charge in [-0.05, 0) is 80.6 Å². The largest absolute Gasteiger partial charge is 0.379 e. The van der Waals surface area contributed by atoms with Crippen molar-refractivity contribution in [1.29, 1.82) is 0 Å². The molecule has 0 bridgehead atoms. The molecular weight excluding hydrogens is 446 g/mol. The van der Waals surface area contributed by atoms with Crippen molar-refractivity contribution in [2.75, 3.05) is 46.4 Å². The second-order valence-electron chi connectivity index (χ2n) is 8.57. The van der Waals surface area contributed by atoms with Gasteiger partial charge < -0.3 is 15.0 Å². The number of amides is 1. The highest BCUT2D eigenvalue weighted by molar-refractivity contribution is 7.89. The molecule has 9 heteroatoms. The number of rotatable bonds is 7. The van der Waals surface area contributed by atoms with Gasteiger partial charge in [0.25, 0.3) is 5.91 Å². The zero-order chi connectivity index (χ0) is 22.7. The van der Waals surface area contributed by atoms with E-state index in [0.717, 1.165) is 35.4 Å². The molecule has 0 saturated carbocycles. The third-order valence-electron chi connectivity index (χ3n) is 6.23. The van der Waals surface area contributed by atoms with Gasteiger partial charge in [-0.3, -0.25) is 4.79 Å². The predicted octanol–water partition coefficient (Wildman–Crippen LogP) is 2.96. The molecule has 4 rings (SSSR count). The van der Waals surface area contributed by atoms with Gasteiger partial charge in [0.15, 0.2) is 0 Å². The van der Waals surface area contributed by atoms with Crippen LogP contribution >= 0.6 is 11.3 Å². The lowest BCUT2D eigenvalue weighted by molar-refractivity contribution is 0.0730. The quantitative estimate of drug-likeness (QED) is 0.663. The van der Waals surface area contributed by atoms with Gasteiger partial charge in [0.1, 0.15) is 0 Å². The number of carbonyl (C=O) groups excluding carboxylic acids is 1. The predicted molar refractivity (Wildman–Crippen MR) is 127 cm³/mol. The average Bonchev–Trinajstić information content (AvgIpc) is 3.42. The van der Waals surface area contributed by atoms with Crippen LogP contribution in [0.1, 0.15) is 35.2 Å². The van der Waals surface area contributed by atoms with Crippen LogP contribution in [0.4, 0.5) is 0 Å². The first-order valence-electron chi connectivity index (χ1n) is 11.1. The van der Waals surface area contributed by atoms with Gasteiger partial charge in [0.05, 0.1) is 18.1 Å². The first kappa shape index (κ1) is 23.4. The molecule has 2 saturated heterocycles. The molecule has 0 spiro atoms. The molecule has 1 aromatic carbocycles. The van der Waals surface area contributed by atoms with E-state index in [2.05, 4.69) is 17.3 Å². The summed E-state index contributed by atoms with van der Waals surface area (Å²) in [5.41, 5.74) is 2.23. The van der Waals surface area contributed by atoms with Crippen molar-refractivity contribution in [3.05, 3.63) is 40.8 Å². The fraction of sp³-hybridized carbons (Fsp3) is 0.522. The van der Waals surface area contributed by atoms with Gasteiger partial charge in [0.2, 0.25) is 10.0 Å². The molecule has 2 fully saturated rings. The fourth-order valence-corrected chi connectivity index (χ4v) is 6.71. The third kappa shape index (κ3) is 5.23. The lowest BCUT2D eigenvalue weighted by Crippen LogP contribution is -2.40. The molecule has 0 radical (unpaired) electrons. The van der Waals surface area contributed by atoms with Crippen LogP contribution in [0.2, 0.25) is 0 Å². The molecule has 2 aliphatic rings. The topological polar surface area (TPSA) is 79.0 Å². The Morgan fingerprint density at radius 2 is 1.97 bits per heavy atom. The minimum Gasteiger partial charge on any atom is -0.379 e. The summed E-state index contributed by atoms with van der Waals surface area (Å²) in [7, 11) is -1.59. The summed E-state index contributed by atoms with van der Waals surface area (Å²) in [6.45, 7) is 5.08. The number of morpholine rings is 1. The molecule has 3 heterocycles. The molecule has 1 N–H and O–H groups in total. The van der Waals surface area contributed by atoms with E-state index in [9.17, 15) is 13.2 Å². The minimum atomic E-state index is -3.71. The SMILES string of the molecule is Cc1csc(-c2cc(C(=O)NCC[C@@H]3CCCN3C)cc(S(=O)(=O)N3CCOCC3)c2)c1. The summed E-state index contributed by atoms with van der Waals surface area (Å²) >= 11 is 1.55. The number of thiophene rings is 1. The van der Waals surface area contributed by atoms with Crippen molar-refractivity contribution in [2.24, 2.45) is 0 Å². The van der Waals surface area contributed by atoms with E-state index >= 15 is 0 Å². The lowest BCUT2D eigenvalue weighted by atomic mass is 10.1. The van der Waals surface area contributed by atoms with Crippen LogP contribution in [-0.4, -0.2) is 76.0 Å². The van der Waals surface area contributed by atoms with Crippen LogP contribution in [0.25, 0.3) is 10.4 Å². The van der Waals surface area contributed by atoms with E-state index in [-0.39, 0.29) is 10.8 Å². The Morgan fingerprint density at radius 3 is 2.62 bits per heavy atom. The van der Waals surface area contributed by atoms with Crippen LogP contribution < -0.4 is 5.32 Å². The van der Waals surface area contributed by atoms with Gasteiger partial charge in [-0.1, -0.05) is 0 Å². The van der Waals surface area contributed by atoms with E-state index in [1.165, 1.54) is 16.8 Å². The van der Waals surface area contributed by atoms with Crippen LogP contribution in [-0.2, 0) is 14.8 Å². The van der Waals surface area contributed by atoms with Crippen molar-refractivity contribution in [3.8, 4) is 10.4 Å². The lowest BCUT2D eigenvalue weighted by Gasteiger charge is -2.26. The Morgan fingerprint density at radius 1 is 1.19 bits per heavy atom. The summed E-state index contributed by atoms with van der Waals surface area (Å²) < 4.78 is 33.4. The second-order valence-corrected chi connectivity index (χ2v) is 11.4. The summed E-state index contributed by atoms with van der Waals surface area (Å²) in [4.78, 5) is 16.4. The number of aryl methyl sites for hydroxylation is 1. The Labute approximate surface area is 194 Å². The van der Waals surface area contributed by atoms with Gasteiger partial charge in [-0.25, -0.2) is 8.42 Å². The van der Waals surface area contributed by atoms with E-state index in [4.69, 9.17) is 4.74 Å². The number of ether oxygens (including phenoxy) is 1. The van der Waals surface area contributed by atoms with E-state index < -0.39 is 10.0 Å². The van der Waals surface area contributed by atoms with E-state index in [1.54, 1.807) is 23.5 Å². The maximum atomic E-state index is 13.3. The zero-order valence-corrected chi connectivity index (χ0v) is 20.3. The molecule has 1 amide bonds. The fourth-order valence-electron chi connectivity index (χ4n) is 4.34. The Kier molecular flexibility index (Phi) is 7.31. The van der Waals surface area contributed by atoms with Crippen molar-refractivity contribution in [3.63, 3.8) is 0 Å². The summed E-state index contributed by atoms with van der Waals surface area (Å²) in [5.74, 6) is -0.237. The van der Waals surface area contributed by atoms with E-state index in [1.807, 2.05) is 18.4 Å². The number of sulfonamides is 1. The van der Waals surface area contributed by atoms with Crippen molar-refractivity contribution >= 4 is 27.3 Å². The highest BCUT2D eigenvalue weighted by atomic mass is 32.2. The molecule has 2 aliphatic heterocycles. The van der Waals surface area contributed by atoms with Gasteiger partial charge >= 0.3 is 0 Å². The van der Waals surface area contributed by atoms with Gasteiger partial charge in [-0.2, -0.15) is 4.31 Å². The highest BCUT2D eigenvalue weighted by Gasteiger charge is 2.28. The monoisotopic (exact) mass is 477 g/mol. The maximum absolute atomic E-state index is 13.3. The number of carbonyl (C=O) groups is 1. The van der Waals surface area contributed by atoms with Gasteiger partial charge in [0, 0.05) is 36.1 Å². The number of nitrogens with zero attached hydrogens (tertiary/aromatic N) is 2. The molecule has 32 heavy (non-hydrogen) atoms. The van der Waals surface area contributed by atoms with Gasteiger partial charge in [-0.15, -0.1) is 11.3 Å². The number of hydrogen-bond acceptors (Lipinski definition) is 6. The standard InChI is InChI=1S/C23H31N3O4S2/c1-17-12-22(31-16-17)18-13-19(23(27)24-6-5-20-4-3-7-25(20)2)15-21(14-18)32(28,29)26-8-10-30-11-9-26/h12-16,20H,3-11H2,1-2H3,(H,24,27)/t20-/m0/s1. The molecule has 1 aromatic heterocycles. The van der Waals surface area contributed by atoms with E-state index in [0.29, 0.717) is 44.5 Å². The first-order valence-corrected chi connectivity index (χ1v) is 13.4. The maximum Gasteiger partial charge on any atom is 0.251 e. The molecule has 7 nitrogen and oxygen atoms in total. The highest BCUT2D eigenvalue weighted by Crippen LogP contribution is 2.31. The summed E-state index contributed by atoms with van der Waals surface area (Å²) in [6, 6.07) is 7.49. The number of hydrogen-bond donors (Lipinski definition) is 1. The third-order valence-corrected chi connectivity index (χ3v) is 9.20. The molecule has 2 aromatic rings. The van der Waals surface area contributed by atoms with Crippen LogP contribution in [0.5, 0.6) is 0 Å².